The largest absolute Gasteiger partial charge is 0.337 e. The van der Waals surface area contributed by atoms with E-state index in [1.807, 2.05) is 0 Å². The fourth-order valence-corrected chi connectivity index (χ4v) is 2.71. The van der Waals surface area contributed by atoms with Gasteiger partial charge in [0.2, 0.25) is 5.91 Å². The first kappa shape index (κ1) is 13.1. The predicted octanol–water partition coefficient (Wildman–Crippen LogP) is 0.884. The zero-order chi connectivity index (χ0) is 14.3. The Labute approximate surface area is 115 Å². The molecule has 2 aliphatic rings. The van der Waals surface area contributed by atoms with Crippen molar-refractivity contribution in [1.82, 2.24) is 4.90 Å². The number of benzene rings is 1. The van der Waals surface area contributed by atoms with Crippen LogP contribution in [-0.2, 0) is 11.2 Å². The van der Waals surface area contributed by atoms with Crippen molar-refractivity contribution in [3.63, 3.8) is 0 Å². The molecule has 1 aromatic carbocycles. The van der Waals surface area contributed by atoms with Crippen LogP contribution in [0.5, 0.6) is 0 Å². The summed E-state index contributed by atoms with van der Waals surface area (Å²) in [4.78, 5) is 25.2. The SMILES string of the molecule is NC1CCN(C(=O)c2cc3c(cc2F)NC(=O)CC3)C1. The lowest BCUT2D eigenvalue weighted by Crippen LogP contribution is -2.32. The van der Waals surface area contributed by atoms with Gasteiger partial charge in [-0.05, 0) is 30.5 Å². The number of anilines is 1. The van der Waals surface area contributed by atoms with Gasteiger partial charge in [-0.3, -0.25) is 9.59 Å². The van der Waals surface area contributed by atoms with Gasteiger partial charge in [0, 0.05) is 31.2 Å². The molecule has 3 N–H and O–H groups in total. The Hall–Kier alpha value is -1.95. The maximum absolute atomic E-state index is 14.1. The normalized spacial score (nSPS) is 21.6. The van der Waals surface area contributed by atoms with Crippen LogP contribution in [0.1, 0.15) is 28.8 Å². The summed E-state index contributed by atoms with van der Waals surface area (Å²) in [6.45, 7) is 1.03. The number of halogens is 1. The molecule has 2 amide bonds. The molecule has 0 spiro atoms. The Bertz CT molecular complexity index is 588. The van der Waals surface area contributed by atoms with Gasteiger partial charge in [-0.2, -0.15) is 0 Å². The molecule has 0 saturated carbocycles. The van der Waals surface area contributed by atoms with Crippen molar-refractivity contribution in [2.24, 2.45) is 5.73 Å². The van der Waals surface area contributed by atoms with E-state index in [9.17, 15) is 14.0 Å². The molecular formula is C14H16FN3O2. The van der Waals surface area contributed by atoms with Crippen molar-refractivity contribution in [3.8, 4) is 0 Å². The number of amides is 2. The highest BCUT2D eigenvalue weighted by Gasteiger charge is 2.28. The monoisotopic (exact) mass is 277 g/mol. The molecule has 2 heterocycles. The van der Waals surface area contributed by atoms with Crippen molar-refractivity contribution >= 4 is 17.5 Å². The summed E-state index contributed by atoms with van der Waals surface area (Å²) in [5.74, 6) is -1.05. The number of nitrogens with zero attached hydrogens (tertiary/aromatic N) is 1. The van der Waals surface area contributed by atoms with Gasteiger partial charge < -0.3 is 16.0 Å². The van der Waals surface area contributed by atoms with E-state index in [4.69, 9.17) is 5.73 Å². The van der Waals surface area contributed by atoms with Crippen molar-refractivity contribution < 1.29 is 14.0 Å². The van der Waals surface area contributed by atoms with Crippen LogP contribution in [0.4, 0.5) is 10.1 Å². The van der Waals surface area contributed by atoms with E-state index < -0.39 is 5.82 Å². The Morgan fingerprint density at radius 1 is 1.40 bits per heavy atom. The van der Waals surface area contributed by atoms with Crippen LogP contribution in [0.15, 0.2) is 12.1 Å². The van der Waals surface area contributed by atoms with Gasteiger partial charge in [0.05, 0.1) is 5.56 Å². The number of carbonyl (C=O) groups is 2. The van der Waals surface area contributed by atoms with E-state index in [0.29, 0.717) is 31.6 Å². The molecule has 5 nitrogen and oxygen atoms in total. The molecule has 20 heavy (non-hydrogen) atoms. The number of hydrogen-bond donors (Lipinski definition) is 2. The van der Waals surface area contributed by atoms with Crippen molar-refractivity contribution in [2.75, 3.05) is 18.4 Å². The van der Waals surface area contributed by atoms with Crippen molar-refractivity contribution in [1.29, 1.82) is 0 Å². The topological polar surface area (TPSA) is 75.4 Å². The number of likely N-dealkylation sites (tertiary alicyclic amines) is 1. The second-order valence-corrected chi connectivity index (χ2v) is 5.34. The number of carbonyl (C=O) groups excluding carboxylic acids is 2. The quantitative estimate of drug-likeness (QED) is 0.800. The van der Waals surface area contributed by atoms with Gasteiger partial charge >= 0.3 is 0 Å². The zero-order valence-corrected chi connectivity index (χ0v) is 11.0. The van der Waals surface area contributed by atoms with E-state index in [2.05, 4.69) is 5.32 Å². The summed E-state index contributed by atoms with van der Waals surface area (Å²) < 4.78 is 14.1. The summed E-state index contributed by atoms with van der Waals surface area (Å²) in [7, 11) is 0. The molecule has 2 aliphatic heterocycles. The lowest BCUT2D eigenvalue weighted by atomic mass is 9.99. The van der Waals surface area contributed by atoms with Gasteiger partial charge in [-0.15, -0.1) is 0 Å². The number of rotatable bonds is 1. The lowest BCUT2D eigenvalue weighted by molar-refractivity contribution is -0.116. The highest BCUT2D eigenvalue weighted by atomic mass is 19.1. The molecule has 1 fully saturated rings. The smallest absolute Gasteiger partial charge is 0.256 e. The van der Waals surface area contributed by atoms with Crippen LogP contribution in [0.3, 0.4) is 0 Å². The molecule has 0 radical (unpaired) electrons. The van der Waals surface area contributed by atoms with E-state index in [1.54, 1.807) is 11.0 Å². The van der Waals surface area contributed by atoms with E-state index >= 15 is 0 Å². The van der Waals surface area contributed by atoms with Gasteiger partial charge in [-0.25, -0.2) is 4.39 Å². The molecule has 1 aromatic rings. The fraction of sp³-hybridized carbons (Fsp3) is 0.429. The van der Waals surface area contributed by atoms with Gasteiger partial charge in [-0.1, -0.05) is 0 Å². The minimum absolute atomic E-state index is 0.0288. The molecule has 3 rings (SSSR count). The predicted molar refractivity (Wildman–Crippen MR) is 71.8 cm³/mol. The molecule has 1 unspecified atom stereocenters. The summed E-state index contributed by atoms with van der Waals surface area (Å²) in [5.41, 5.74) is 7.10. The van der Waals surface area contributed by atoms with Crippen LogP contribution in [0.25, 0.3) is 0 Å². The number of fused-ring (bicyclic) bond motifs is 1. The standard InChI is InChI=1S/C14H16FN3O2/c15-11-6-12-8(1-2-13(19)17-12)5-10(11)14(20)18-4-3-9(16)7-18/h5-6,9H,1-4,7,16H2,(H,17,19). The van der Waals surface area contributed by atoms with Gasteiger partial charge in [0.15, 0.2) is 0 Å². The maximum atomic E-state index is 14.1. The number of aryl methyl sites for hydroxylation is 1. The van der Waals surface area contributed by atoms with Gasteiger partial charge in [0.25, 0.3) is 5.91 Å². The second kappa shape index (κ2) is 4.86. The molecule has 0 bridgehead atoms. The summed E-state index contributed by atoms with van der Waals surface area (Å²) in [6.07, 6.45) is 1.64. The summed E-state index contributed by atoms with van der Waals surface area (Å²) in [5, 5.41) is 2.62. The number of nitrogens with one attached hydrogen (secondary N) is 1. The van der Waals surface area contributed by atoms with E-state index in [0.717, 1.165) is 12.0 Å². The molecule has 106 valence electrons. The van der Waals surface area contributed by atoms with Crippen LogP contribution in [0, 0.1) is 5.82 Å². The Kier molecular flexibility index (Phi) is 3.17. The maximum Gasteiger partial charge on any atom is 0.256 e. The molecule has 1 atom stereocenters. The van der Waals surface area contributed by atoms with Crippen LogP contribution >= 0.6 is 0 Å². The molecule has 6 heteroatoms. The highest BCUT2D eigenvalue weighted by molar-refractivity contribution is 5.98. The molecule has 0 aromatic heterocycles. The van der Waals surface area contributed by atoms with E-state index in [-0.39, 0.29) is 23.4 Å². The minimum atomic E-state index is -0.601. The van der Waals surface area contributed by atoms with Crippen molar-refractivity contribution in [3.05, 3.63) is 29.1 Å². The summed E-state index contributed by atoms with van der Waals surface area (Å²) >= 11 is 0. The zero-order valence-electron chi connectivity index (χ0n) is 11.0. The average molecular weight is 277 g/mol. The van der Waals surface area contributed by atoms with E-state index in [1.165, 1.54) is 6.07 Å². The first-order valence-electron chi connectivity index (χ1n) is 6.71. The first-order valence-corrected chi connectivity index (χ1v) is 6.71. The van der Waals surface area contributed by atoms with Gasteiger partial charge in [0.1, 0.15) is 5.82 Å². The average Bonchev–Trinajstić information content (AvgIpc) is 2.84. The summed E-state index contributed by atoms with van der Waals surface area (Å²) in [6, 6.07) is 2.75. The third-order valence-electron chi connectivity index (χ3n) is 3.83. The molecule has 1 saturated heterocycles. The first-order chi connectivity index (χ1) is 9.54. The minimum Gasteiger partial charge on any atom is -0.337 e. The second-order valence-electron chi connectivity index (χ2n) is 5.34. The van der Waals surface area contributed by atoms with Crippen LogP contribution in [-0.4, -0.2) is 35.8 Å². The Morgan fingerprint density at radius 2 is 2.20 bits per heavy atom. The third-order valence-corrected chi connectivity index (χ3v) is 3.83. The number of hydrogen-bond acceptors (Lipinski definition) is 3. The van der Waals surface area contributed by atoms with Crippen LogP contribution < -0.4 is 11.1 Å². The third kappa shape index (κ3) is 2.27. The highest BCUT2D eigenvalue weighted by Crippen LogP contribution is 2.27. The number of nitrogens with two attached hydrogens (primary N) is 1. The molecule has 0 aliphatic carbocycles. The molecular weight excluding hydrogens is 261 g/mol. The van der Waals surface area contributed by atoms with Crippen LogP contribution in [0.2, 0.25) is 0 Å². The Morgan fingerprint density at radius 3 is 2.90 bits per heavy atom. The Balaban J connectivity index is 1.90. The fourth-order valence-electron chi connectivity index (χ4n) is 2.71. The van der Waals surface area contributed by atoms with Crippen molar-refractivity contribution in [2.45, 2.75) is 25.3 Å². The lowest BCUT2D eigenvalue weighted by Gasteiger charge is -2.20.